The molecule has 6 heteroatoms. The highest BCUT2D eigenvalue weighted by Gasteiger charge is 2.16. The Morgan fingerprint density at radius 2 is 2.25 bits per heavy atom. The van der Waals surface area contributed by atoms with Crippen LogP contribution in [0.5, 0.6) is 0 Å². The van der Waals surface area contributed by atoms with E-state index in [4.69, 9.17) is 16.3 Å². The van der Waals surface area contributed by atoms with E-state index < -0.39 is 5.82 Å². The molecule has 1 N–H and O–H groups in total. The van der Waals surface area contributed by atoms with Crippen molar-refractivity contribution in [3.05, 3.63) is 39.6 Å². The topological polar surface area (TPSA) is 34.2 Å². The summed E-state index contributed by atoms with van der Waals surface area (Å²) in [7, 11) is 1.62. The number of thiazole rings is 1. The van der Waals surface area contributed by atoms with Gasteiger partial charge in [-0.05, 0) is 18.7 Å². The lowest BCUT2D eigenvalue weighted by Crippen LogP contribution is -2.12. The first-order chi connectivity index (χ1) is 9.67. The van der Waals surface area contributed by atoms with Crippen LogP contribution in [0.2, 0.25) is 5.02 Å². The molecule has 0 amide bonds. The molecule has 1 aromatic heterocycles. The van der Waals surface area contributed by atoms with Crippen LogP contribution in [-0.4, -0.2) is 18.6 Å². The van der Waals surface area contributed by atoms with E-state index >= 15 is 0 Å². The van der Waals surface area contributed by atoms with Gasteiger partial charge in [0.25, 0.3) is 0 Å². The van der Waals surface area contributed by atoms with Gasteiger partial charge < -0.3 is 10.1 Å². The molecule has 0 radical (unpaired) electrons. The van der Waals surface area contributed by atoms with Crippen LogP contribution in [0.1, 0.15) is 17.5 Å². The minimum absolute atomic E-state index is 0.110. The van der Waals surface area contributed by atoms with Crippen LogP contribution >= 0.6 is 22.9 Å². The predicted molar refractivity (Wildman–Crippen MR) is 80.6 cm³/mol. The maximum atomic E-state index is 14.1. The van der Waals surface area contributed by atoms with Crippen LogP contribution < -0.4 is 5.32 Å². The number of aromatic nitrogens is 1. The summed E-state index contributed by atoms with van der Waals surface area (Å²) in [6.07, 6.45) is 0. The van der Waals surface area contributed by atoms with Crippen molar-refractivity contribution in [3.63, 3.8) is 0 Å². The van der Waals surface area contributed by atoms with Crippen molar-refractivity contribution in [3.8, 4) is 10.6 Å². The van der Waals surface area contributed by atoms with Gasteiger partial charge in [-0.15, -0.1) is 11.3 Å². The molecule has 0 saturated carbocycles. The first-order valence-electron chi connectivity index (χ1n) is 6.30. The SMILES string of the molecule is CCNCc1sc(-c2cccc(Cl)c2F)nc1COC. The zero-order valence-electron chi connectivity index (χ0n) is 11.4. The summed E-state index contributed by atoms with van der Waals surface area (Å²) < 4.78 is 19.2. The van der Waals surface area contributed by atoms with Gasteiger partial charge in [0.2, 0.25) is 0 Å². The van der Waals surface area contributed by atoms with Gasteiger partial charge in [0.1, 0.15) is 5.01 Å². The molecule has 0 bridgehead atoms. The van der Waals surface area contributed by atoms with Gasteiger partial charge in [0, 0.05) is 24.1 Å². The Hall–Kier alpha value is -1.01. The Kier molecular flexibility index (Phi) is 5.48. The monoisotopic (exact) mass is 314 g/mol. The molecule has 0 aliphatic heterocycles. The summed E-state index contributed by atoms with van der Waals surface area (Å²) in [5.41, 5.74) is 1.27. The number of nitrogens with one attached hydrogen (secondary N) is 1. The fourth-order valence-corrected chi connectivity index (χ4v) is 3.02. The Bertz CT molecular complexity index is 589. The molecule has 0 fully saturated rings. The number of methoxy groups -OCH3 is 1. The smallest absolute Gasteiger partial charge is 0.152 e. The van der Waals surface area contributed by atoms with E-state index in [9.17, 15) is 4.39 Å². The molecule has 2 rings (SSSR count). The predicted octanol–water partition coefficient (Wildman–Crippen LogP) is 3.86. The maximum absolute atomic E-state index is 14.1. The summed E-state index contributed by atoms with van der Waals surface area (Å²) in [5, 5.41) is 3.99. The molecule has 0 aliphatic rings. The number of rotatable bonds is 6. The normalized spacial score (nSPS) is 11.0. The Labute approximate surface area is 126 Å². The largest absolute Gasteiger partial charge is 0.378 e. The van der Waals surface area contributed by atoms with Crippen molar-refractivity contribution in [1.29, 1.82) is 0 Å². The van der Waals surface area contributed by atoms with Gasteiger partial charge in [-0.25, -0.2) is 9.37 Å². The Morgan fingerprint density at radius 3 is 2.95 bits per heavy atom. The fourth-order valence-electron chi connectivity index (χ4n) is 1.79. The van der Waals surface area contributed by atoms with Gasteiger partial charge in [-0.2, -0.15) is 0 Å². The molecule has 0 saturated heterocycles. The van der Waals surface area contributed by atoms with Crippen LogP contribution in [0, 0.1) is 5.82 Å². The molecule has 0 unspecified atom stereocenters. The fraction of sp³-hybridized carbons (Fsp3) is 0.357. The second-order valence-electron chi connectivity index (χ2n) is 4.20. The first kappa shape index (κ1) is 15.4. The van der Waals surface area contributed by atoms with E-state index in [0.29, 0.717) is 23.7 Å². The highest BCUT2D eigenvalue weighted by molar-refractivity contribution is 7.15. The van der Waals surface area contributed by atoms with E-state index in [1.165, 1.54) is 17.4 Å². The van der Waals surface area contributed by atoms with Crippen LogP contribution in [0.25, 0.3) is 10.6 Å². The average Bonchev–Trinajstić information content (AvgIpc) is 2.83. The lowest BCUT2D eigenvalue weighted by Gasteiger charge is -2.00. The second kappa shape index (κ2) is 7.13. The van der Waals surface area contributed by atoms with E-state index in [-0.39, 0.29) is 5.02 Å². The summed E-state index contributed by atoms with van der Waals surface area (Å²) in [5.74, 6) is -0.429. The van der Waals surface area contributed by atoms with Crippen molar-refractivity contribution >= 4 is 22.9 Å². The molecule has 0 atom stereocenters. The molecular weight excluding hydrogens is 299 g/mol. The molecule has 2 aromatic rings. The maximum Gasteiger partial charge on any atom is 0.152 e. The molecule has 1 aromatic carbocycles. The minimum Gasteiger partial charge on any atom is -0.378 e. The minimum atomic E-state index is -0.429. The lowest BCUT2D eigenvalue weighted by molar-refractivity contribution is 0.181. The third kappa shape index (κ3) is 3.35. The molecule has 3 nitrogen and oxygen atoms in total. The number of hydrogen-bond acceptors (Lipinski definition) is 4. The highest BCUT2D eigenvalue weighted by Crippen LogP contribution is 2.32. The van der Waals surface area contributed by atoms with Gasteiger partial charge in [0.05, 0.1) is 17.3 Å². The number of halogens is 2. The molecule has 0 aliphatic carbocycles. The highest BCUT2D eigenvalue weighted by atomic mass is 35.5. The molecule has 20 heavy (non-hydrogen) atoms. The standard InChI is InChI=1S/C14H16ClFN2OS/c1-3-17-7-12-11(8-19-2)18-14(20-12)9-5-4-6-10(15)13(9)16/h4-6,17H,3,7-8H2,1-2H3. The zero-order valence-corrected chi connectivity index (χ0v) is 12.9. The molecule has 1 heterocycles. The summed E-state index contributed by atoms with van der Waals surface area (Å²) >= 11 is 7.28. The first-order valence-corrected chi connectivity index (χ1v) is 7.49. The van der Waals surface area contributed by atoms with Crippen molar-refractivity contribution in [2.24, 2.45) is 0 Å². The van der Waals surface area contributed by atoms with Gasteiger partial charge in [-0.3, -0.25) is 0 Å². The number of ether oxygens (including phenoxy) is 1. The molecule has 108 valence electrons. The van der Waals surface area contributed by atoms with Crippen molar-refractivity contribution < 1.29 is 9.13 Å². The van der Waals surface area contributed by atoms with Crippen molar-refractivity contribution in [2.75, 3.05) is 13.7 Å². The Balaban J connectivity index is 2.39. The van der Waals surface area contributed by atoms with Crippen LogP contribution in [0.3, 0.4) is 0 Å². The quantitative estimate of drug-likeness (QED) is 0.879. The van der Waals surface area contributed by atoms with Crippen LogP contribution in [-0.2, 0) is 17.9 Å². The van der Waals surface area contributed by atoms with Crippen LogP contribution in [0.4, 0.5) is 4.39 Å². The average molecular weight is 315 g/mol. The summed E-state index contributed by atoms with van der Waals surface area (Å²) in [4.78, 5) is 5.54. The van der Waals surface area contributed by atoms with Crippen LogP contribution in [0.15, 0.2) is 18.2 Å². The van der Waals surface area contributed by atoms with E-state index in [0.717, 1.165) is 17.1 Å². The number of hydrogen-bond donors (Lipinski definition) is 1. The van der Waals surface area contributed by atoms with Crippen molar-refractivity contribution in [2.45, 2.75) is 20.1 Å². The summed E-state index contributed by atoms with van der Waals surface area (Å²) in [6, 6.07) is 4.94. The van der Waals surface area contributed by atoms with E-state index in [2.05, 4.69) is 10.3 Å². The summed E-state index contributed by atoms with van der Waals surface area (Å²) in [6.45, 7) is 4.02. The number of nitrogens with zero attached hydrogens (tertiary/aromatic N) is 1. The lowest BCUT2D eigenvalue weighted by atomic mass is 10.2. The zero-order chi connectivity index (χ0) is 14.5. The van der Waals surface area contributed by atoms with Gasteiger partial charge in [-0.1, -0.05) is 24.6 Å². The molecular formula is C14H16ClFN2OS. The third-order valence-corrected chi connectivity index (χ3v) is 4.20. The molecule has 0 spiro atoms. The third-order valence-electron chi connectivity index (χ3n) is 2.78. The van der Waals surface area contributed by atoms with E-state index in [1.807, 2.05) is 6.92 Å². The van der Waals surface area contributed by atoms with Crippen molar-refractivity contribution in [1.82, 2.24) is 10.3 Å². The second-order valence-corrected chi connectivity index (χ2v) is 5.69. The van der Waals surface area contributed by atoms with E-state index in [1.54, 1.807) is 19.2 Å². The number of benzene rings is 1. The van der Waals surface area contributed by atoms with Gasteiger partial charge >= 0.3 is 0 Å². The van der Waals surface area contributed by atoms with Gasteiger partial charge in [0.15, 0.2) is 5.82 Å². The Morgan fingerprint density at radius 1 is 1.45 bits per heavy atom.